The Morgan fingerprint density at radius 3 is 2.86 bits per heavy atom. The highest BCUT2D eigenvalue weighted by atomic mass is 16.5. The number of nitrogens with zero attached hydrogens (tertiary/aromatic N) is 3. The molecule has 4 heteroatoms. The average Bonchev–Trinajstić information content (AvgIpc) is 2.56. The summed E-state index contributed by atoms with van der Waals surface area (Å²) in [5.41, 5.74) is 0. The average molecular weight is 196 g/mol. The number of ether oxygens (including phenoxy) is 1. The number of hydrogen-bond acceptors (Lipinski definition) is 3. The van der Waals surface area contributed by atoms with E-state index in [-0.39, 0.29) is 6.10 Å². The van der Waals surface area contributed by atoms with Gasteiger partial charge < -0.3 is 4.74 Å². The Kier molecular flexibility index (Phi) is 2.73. The molecule has 1 unspecified atom stereocenters. The van der Waals surface area contributed by atoms with E-state index in [1.807, 2.05) is 0 Å². The standard InChI is InChI=1S/C10H18N3O/c1-12-4-6-13(7-5-12)8-10(2-3-11)14-9-13/h10H,2,4-9H2,1H3/q+1. The van der Waals surface area contributed by atoms with E-state index < -0.39 is 0 Å². The van der Waals surface area contributed by atoms with Crippen molar-refractivity contribution in [2.45, 2.75) is 12.5 Å². The van der Waals surface area contributed by atoms with Crippen LogP contribution in [0.3, 0.4) is 0 Å². The quantitative estimate of drug-likeness (QED) is 0.555. The highest BCUT2D eigenvalue weighted by molar-refractivity contribution is 4.78. The largest absolute Gasteiger partial charge is 0.321 e. The molecule has 2 saturated heterocycles. The summed E-state index contributed by atoms with van der Waals surface area (Å²) in [5, 5.41) is 8.61. The normalized spacial score (nSPS) is 31.9. The van der Waals surface area contributed by atoms with Gasteiger partial charge in [-0.2, -0.15) is 5.26 Å². The van der Waals surface area contributed by atoms with E-state index in [9.17, 15) is 0 Å². The minimum Gasteiger partial charge on any atom is -0.321 e. The van der Waals surface area contributed by atoms with Gasteiger partial charge in [-0.05, 0) is 7.05 Å². The molecule has 1 atom stereocenters. The van der Waals surface area contributed by atoms with Crippen molar-refractivity contribution in [3.63, 3.8) is 0 Å². The fourth-order valence-electron chi connectivity index (χ4n) is 2.33. The van der Waals surface area contributed by atoms with Crippen molar-refractivity contribution in [1.29, 1.82) is 5.26 Å². The van der Waals surface area contributed by atoms with Crippen LogP contribution >= 0.6 is 0 Å². The number of likely N-dealkylation sites (N-methyl/N-ethyl adjacent to an activating group) is 1. The van der Waals surface area contributed by atoms with Crippen LogP contribution in [-0.4, -0.2) is 62.0 Å². The minimum absolute atomic E-state index is 0.184. The zero-order valence-electron chi connectivity index (χ0n) is 8.78. The van der Waals surface area contributed by atoms with Gasteiger partial charge >= 0.3 is 0 Å². The molecular formula is C10H18N3O+. The Morgan fingerprint density at radius 2 is 2.21 bits per heavy atom. The molecule has 0 saturated carbocycles. The maximum Gasteiger partial charge on any atom is 0.183 e. The van der Waals surface area contributed by atoms with Gasteiger partial charge in [0.2, 0.25) is 0 Å². The summed E-state index contributed by atoms with van der Waals surface area (Å²) in [4.78, 5) is 2.36. The smallest absolute Gasteiger partial charge is 0.183 e. The number of hydrogen-bond donors (Lipinski definition) is 0. The van der Waals surface area contributed by atoms with Crippen LogP contribution in [0.5, 0.6) is 0 Å². The fraction of sp³-hybridized carbons (Fsp3) is 0.900. The highest BCUT2D eigenvalue weighted by Crippen LogP contribution is 2.22. The maximum absolute atomic E-state index is 8.61. The monoisotopic (exact) mass is 196 g/mol. The van der Waals surface area contributed by atoms with Crippen LogP contribution in [0, 0.1) is 11.3 Å². The highest BCUT2D eigenvalue weighted by Gasteiger charge is 2.40. The summed E-state index contributed by atoms with van der Waals surface area (Å²) in [6.45, 7) is 6.53. The van der Waals surface area contributed by atoms with Crippen molar-refractivity contribution in [3.05, 3.63) is 0 Å². The van der Waals surface area contributed by atoms with Crippen molar-refractivity contribution >= 4 is 0 Å². The lowest BCUT2D eigenvalue weighted by atomic mass is 10.2. The van der Waals surface area contributed by atoms with E-state index in [1.54, 1.807) is 0 Å². The van der Waals surface area contributed by atoms with Crippen molar-refractivity contribution < 1.29 is 9.22 Å². The van der Waals surface area contributed by atoms with Gasteiger partial charge in [0.05, 0.1) is 25.6 Å². The number of quaternary nitrogens is 1. The summed E-state index contributed by atoms with van der Waals surface area (Å²) < 4.78 is 6.73. The van der Waals surface area contributed by atoms with Gasteiger partial charge in [0, 0.05) is 13.1 Å². The van der Waals surface area contributed by atoms with Crippen molar-refractivity contribution in [2.24, 2.45) is 0 Å². The van der Waals surface area contributed by atoms with Crippen LogP contribution in [0.25, 0.3) is 0 Å². The summed E-state index contributed by atoms with van der Waals surface area (Å²) in [5.74, 6) is 0. The fourth-order valence-corrected chi connectivity index (χ4v) is 2.33. The van der Waals surface area contributed by atoms with E-state index in [4.69, 9.17) is 10.00 Å². The first-order valence-electron chi connectivity index (χ1n) is 5.26. The van der Waals surface area contributed by atoms with E-state index in [0.717, 1.165) is 30.8 Å². The molecule has 2 heterocycles. The molecule has 1 spiro atoms. The van der Waals surface area contributed by atoms with Crippen molar-refractivity contribution in [2.75, 3.05) is 46.5 Å². The molecule has 2 aliphatic rings. The van der Waals surface area contributed by atoms with Gasteiger partial charge in [0.25, 0.3) is 0 Å². The zero-order chi connectivity index (χ0) is 10.0. The van der Waals surface area contributed by atoms with E-state index in [2.05, 4.69) is 18.0 Å². The maximum atomic E-state index is 8.61. The molecule has 14 heavy (non-hydrogen) atoms. The van der Waals surface area contributed by atoms with E-state index in [0.29, 0.717) is 6.42 Å². The molecule has 2 fully saturated rings. The Morgan fingerprint density at radius 1 is 1.50 bits per heavy atom. The lowest BCUT2D eigenvalue weighted by Gasteiger charge is -2.39. The van der Waals surface area contributed by atoms with Gasteiger partial charge in [-0.3, -0.25) is 9.38 Å². The molecule has 0 amide bonds. The van der Waals surface area contributed by atoms with Crippen LogP contribution in [0.4, 0.5) is 0 Å². The van der Waals surface area contributed by atoms with E-state index in [1.165, 1.54) is 13.1 Å². The van der Waals surface area contributed by atoms with Gasteiger partial charge in [-0.15, -0.1) is 0 Å². The Balaban J connectivity index is 1.90. The second-order valence-corrected chi connectivity index (χ2v) is 4.55. The Hall–Kier alpha value is -0.630. The molecule has 0 radical (unpaired) electrons. The summed E-state index contributed by atoms with van der Waals surface area (Å²) in [6.07, 6.45) is 0.735. The predicted octanol–water partition coefficient (Wildman–Crippen LogP) is 0.0186. The summed E-state index contributed by atoms with van der Waals surface area (Å²) in [7, 11) is 2.17. The molecule has 78 valence electrons. The Bertz CT molecular complexity index is 240. The second-order valence-electron chi connectivity index (χ2n) is 4.55. The minimum atomic E-state index is 0.184. The van der Waals surface area contributed by atoms with Crippen LogP contribution < -0.4 is 0 Å². The Labute approximate surface area is 85.2 Å². The van der Waals surface area contributed by atoms with Gasteiger partial charge in [0.15, 0.2) is 6.73 Å². The molecule has 0 aromatic heterocycles. The third-order valence-electron chi connectivity index (χ3n) is 3.41. The third-order valence-corrected chi connectivity index (χ3v) is 3.41. The van der Waals surface area contributed by atoms with Crippen molar-refractivity contribution in [3.8, 4) is 6.07 Å². The zero-order valence-corrected chi connectivity index (χ0v) is 8.78. The van der Waals surface area contributed by atoms with Crippen LogP contribution in [0.15, 0.2) is 0 Å². The number of rotatable bonds is 1. The molecule has 4 nitrogen and oxygen atoms in total. The number of piperazine rings is 1. The topological polar surface area (TPSA) is 36.3 Å². The predicted molar refractivity (Wildman–Crippen MR) is 52.3 cm³/mol. The van der Waals surface area contributed by atoms with Gasteiger partial charge in [0.1, 0.15) is 12.6 Å². The second kappa shape index (κ2) is 3.85. The van der Waals surface area contributed by atoms with Crippen LogP contribution in [0.2, 0.25) is 0 Å². The first kappa shape index (κ1) is 9.91. The van der Waals surface area contributed by atoms with Crippen LogP contribution in [-0.2, 0) is 4.74 Å². The molecule has 0 aliphatic carbocycles. The lowest BCUT2D eigenvalue weighted by molar-refractivity contribution is -0.929. The molecule has 2 rings (SSSR count). The molecular weight excluding hydrogens is 178 g/mol. The van der Waals surface area contributed by atoms with Gasteiger partial charge in [-0.25, -0.2) is 0 Å². The lowest BCUT2D eigenvalue weighted by Crippen LogP contribution is -2.57. The molecule has 0 aromatic rings. The third kappa shape index (κ3) is 1.90. The van der Waals surface area contributed by atoms with Crippen LogP contribution in [0.1, 0.15) is 6.42 Å². The summed E-state index contributed by atoms with van der Waals surface area (Å²) in [6, 6.07) is 2.19. The number of nitriles is 1. The van der Waals surface area contributed by atoms with Crippen molar-refractivity contribution in [1.82, 2.24) is 4.90 Å². The SMILES string of the molecule is CN1CC[N+]2(CC1)COC(CC#N)C2. The van der Waals surface area contributed by atoms with E-state index >= 15 is 0 Å². The molecule has 0 aromatic carbocycles. The molecule has 0 N–H and O–H groups in total. The first-order valence-corrected chi connectivity index (χ1v) is 5.26. The first-order chi connectivity index (χ1) is 6.74. The van der Waals surface area contributed by atoms with Gasteiger partial charge in [-0.1, -0.05) is 0 Å². The molecule has 2 aliphatic heterocycles. The summed E-state index contributed by atoms with van der Waals surface area (Å²) >= 11 is 0. The molecule has 0 bridgehead atoms.